The molecule has 0 radical (unpaired) electrons. The van der Waals surface area contributed by atoms with Gasteiger partial charge in [-0.25, -0.2) is 9.59 Å². The first kappa shape index (κ1) is 21.9. The van der Waals surface area contributed by atoms with Crippen LogP contribution < -0.4 is 0 Å². The molecule has 0 aliphatic heterocycles. The molecule has 0 unspecified atom stereocenters. The molecule has 7 aromatic rings. The molecule has 2 aromatic heterocycles. The van der Waals surface area contributed by atoms with Crippen molar-refractivity contribution < 1.29 is 19.8 Å². The summed E-state index contributed by atoms with van der Waals surface area (Å²) in [5, 5.41) is 24.5. The molecule has 38 heavy (non-hydrogen) atoms. The lowest BCUT2D eigenvalue weighted by atomic mass is 9.85. The van der Waals surface area contributed by atoms with E-state index in [4.69, 9.17) is 0 Å². The molecule has 5 aromatic carbocycles. The quantitative estimate of drug-likeness (QED) is 0.200. The maximum Gasteiger partial charge on any atom is 0.336 e. The van der Waals surface area contributed by atoms with E-state index in [1.165, 1.54) is 12.1 Å². The van der Waals surface area contributed by atoms with Crippen molar-refractivity contribution in [3.05, 3.63) is 108 Å². The molecule has 4 N–H and O–H groups in total. The van der Waals surface area contributed by atoms with Gasteiger partial charge in [0.1, 0.15) is 0 Å². The second-order valence-corrected chi connectivity index (χ2v) is 9.32. The molecule has 7 rings (SSSR count). The zero-order chi connectivity index (χ0) is 26.0. The first-order valence-corrected chi connectivity index (χ1v) is 12.2. The van der Waals surface area contributed by atoms with Crippen LogP contribution in [0.25, 0.3) is 65.9 Å². The maximum absolute atomic E-state index is 12.6. The normalized spacial score (nSPS) is 11.6. The summed E-state index contributed by atoms with van der Waals surface area (Å²) < 4.78 is 0. The van der Waals surface area contributed by atoms with Crippen LogP contribution in [0.2, 0.25) is 0 Å². The number of aromatic nitrogens is 2. The molecule has 0 saturated heterocycles. The van der Waals surface area contributed by atoms with Crippen molar-refractivity contribution in [1.29, 1.82) is 0 Å². The molecule has 182 valence electrons. The molecule has 2 heterocycles. The molecule has 0 fully saturated rings. The minimum Gasteiger partial charge on any atom is -0.478 e. The minimum absolute atomic E-state index is 0.0317. The monoisotopic (exact) mass is 496 g/mol. The predicted octanol–water partition coefficient (Wildman–Crippen LogP) is 7.69. The highest BCUT2D eigenvalue weighted by molar-refractivity contribution is 6.19. The van der Waals surface area contributed by atoms with Gasteiger partial charge in [0.05, 0.1) is 22.2 Å². The van der Waals surface area contributed by atoms with Crippen molar-refractivity contribution in [3.8, 4) is 22.3 Å². The molecular weight excluding hydrogens is 476 g/mol. The Kier molecular flexibility index (Phi) is 4.65. The summed E-state index contributed by atoms with van der Waals surface area (Å²) in [7, 11) is 0. The molecule has 0 saturated carbocycles. The number of nitrogens with one attached hydrogen (secondary N) is 2. The molecule has 0 atom stereocenters. The topological polar surface area (TPSA) is 106 Å². The van der Waals surface area contributed by atoms with Gasteiger partial charge in [-0.05, 0) is 24.3 Å². The number of hydrogen-bond acceptors (Lipinski definition) is 2. The SMILES string of the molecule is O=C(O)c1ccc(C(=O)O)c(-c2cccc3c2[nH]c2ccccc23)c1-c1cccc2c1[nH]c1ccccc12. The zero-order valence-electron chi connectivity index (χ0n) is 19.9. The van der Waals surface area contributed by atoms with Crippen LogP contribution >= 0.6 is 0 Å². The van der Waals surface area contributed by atoms with Gasteiger partial charge in [-0.2, -0.15) is 0 Å². The van der Waals surface area contributed by atoms with E-state index in [-0.39, 0.29) is 11.1 Å². The fourth-order valence-electron chi connectivity index (χ4n) is 5.68. The van der Waals surface area contributed by atoms with Crippen LogP contribution in [0.5, 0.6) is 0 Å². The van der Waals surface area contributed by atoms with Crippen molar-refractivity contribution in [3.63, 3.8) is 0 Å². The highest BCUT2D eigenvalue weighted by Crippen LogP contribution is 2.44. The van der Waals surface area contributed by atoms with Gasteiger partial charge in [0.15, 0.2) is 0 Å². The third-order valence-electron chi connectivity index (χ3n) is 7.29. The van der Waals surface area contributed by atoms with Crippen LogP contribution in [0.15, 0.2) is 97.1 Å². The first-order valence-electron chi connectivity index (χ1n) is 12.2. The fourth-order valence-corrected chi connectivity index (χ4v) is 5.68. The Morgan fingerprint density at radius 3 is 1.29 bits per heavy atom. The lowest BCUT2D eigenvalue weighted by Crippen LogP contribution is -2.08. The maximum atomic E-state index is 12.6. The Morgan fingerprint density at radius 2 is 0.868 bits per heavy atom. The third-order valence-corrected chi connectivity index (χ3v) is 7.29. The minimum atomic E-state index is -1.13. The van der Waals surface area contributed by atoms with Crippen molar-refractivity contribution in [2.75, 3.05) is 0 Å². The molecular formula is C32H20N2O4. The summed E-state index contributed by atoms with van der Waals surface area (Å²) in [6, 6.07) is 29.9. The molecule has 6 heteroatoms. The number of hydrogen-bond donors (Lipinski definition) is 4. The van der Waals surface area contributed by atoms with Crippen LogP contribution in [-0.4, -0.2) is 32.1 Å². The molecule has 0 bridgehead atoms. The molecule has 0 aliphatic carbocycles. The van der Waals surface area contributed by atoms with Crippen LogP contribution in [0.1, 0.15) is 20.7 Å². The van der Waals surface area contributed by atoms with Gasteiger partial charge >= 0.3 is 11.9 Å². The summed E-state index contributed by atoms with van der Waals surface area (Å²) in [5.74, 6) is -2.26. The van der Waals surface area contributed by atoms with Gasteiger partial charge in [-0.1, -0.05) is 72.8 Å². The summed E-state index contributed by atoms with van der Waals surface area (Å²) in [6.07, 6.45) is 0. The number of carboxylic acid groups (broad SMARTS) is 2. The Hall–Kier alpha value is -5.36. The van der Waals surface area contributed by atoms with Crippen molar-refractivity contribution in [2.24, 2.45) is 0 Å². The van der Waals surface area contributed by atoms with Crippen LogP contribution in [-0.2, 0) is 0 Å². The smallest absolute Gasteiger partial charge is 0.336 e. The van der Waals surface area contributed by atoms with Crippen molar-refractivity contribution >= 4 is 55.6 Å². The van der Waals surface area contributed by atoms with E-state index in [0.29, 0.717) is 22.3 Å². The average Bonchev–Trinajstić information content (AvgIpc) is 3.50. The van der Waals surface area contributed by atoms with E-state index in [1.807, 2.05) is 84.9 Å². The number of rotatable bonds is 4. The molecule has 0 spiro atoms. The van der Waals surface area contributed by atoms with Gasteiger partial charge in [0.25, 0.3) is 0 Å². The second-order valence-electron chi connectivity index (χ2n) is 9.32. The van der Waals surface area contributed by atoms with Crippen molar-refractivity contribution in [1.82, 2.24) is 9.97 Å². The molecule has 0 amide bonds. The lowest BCUT2D eigenvalue weighted by Gasteiger charge is -2.18. The van der Waals surface area contributed by atoms with Gasteiger partial charge < -0.3 is 20.2 Å². The number of H-pyrrole nitrogens is 2. The van der Waals surface area contributed by atoms with E-state index in [9.17, 15) is 19.8 Å². The van der Waals surface area contributed by atoms with Gasteiger partial charge in [0, 0.05) is 54.8 Å². The Morgan fingerprint density at radius 1 is 0.474 bits per heavy atom. The standard InChI is InChI=1S/C32H20N2O4/c35-31(36)23-15-16-24(32(37)38)28(22-12-6-10-20-18-8-2-4-14-26(18)34-30(20)22)27(23)21-11-5-9-19-17-7-1-3-13-25(17)33-29(19)21/h1-16,33-34H,(H,35,36)(H,37,38). The first-order chi connectivity index (χ1) is 18.5. The van der Waals surface area contributed by atoms with Crippen molar-refractivity contribution in [2.45, 2.75) is 0 Å². The summed E-state index contributed by atoms with van der Waals surface area (Å²) in [6.45, 7) is 0. The average molecular weight is 497 g/mol. The fraction of sp³-hybridized carbons (Fsp3) is 0. The van der Waals surface area contributed by atoms with E-state index >= 15 is 0 Å². The zero-order valence-corrected chi connectivity index (χ0v) is 19.9. The summed E-state index contributed by atoms with van der Waals surface area (Å²) in [4.78, 5) is 32.1. The number of fused-ring (bicyclic) bond motifs is 6. The van der Waals surface area contributed by atoms with E-state index in [0.717, 1.165) is 43.6 Å². The van der Waals surface area contributed by atoms with Gasteiger partial charge in [-0.15, -0.1) is 0 Å². The Balaban J connectivity index is 1.67. The van der Waals surface area contributed by atoms with Crippen LogP contribution in [0.4, 0.5) is 0 Å². The van der Waals surface area contributed by atoms with E-state index < -0.39 is 11.9 Å². The van der Waals surface area contributed by atoms with E-state index in [1.54, 1.807) is 0 Å². The summed E-state index contributed by atoms with van der Waals surface area (Å²) in [5.41, 5.74) is 5.38. The highest BCUT2D eigenvalue weighted by Gasteiger charge is 2.26. The largest absolute Gasteiger partial charge is 0.478 e. The lowest BCUT2D eigenvalue weighted by molar-refractivity contribution is 0.0682. The Bertz CT molecular complexity index is 1950. The number of carboxylic acids is 2. The molecule has 0 aliphatic rings. The summed E-state index contributed by atoms with van der Waals surface area (Å²) >= 11 is 0. The number of carbonyl (C=O) groups is 2. The number of benzene rings is 5. The van der Waals surface area contributed by atoms with Gasteiger partial charge in [0.2, 0.25) is 0 Å². The van der Waals surface area contributed by atoms with Crippen LogP contribution in [0.3, 0.4) is 0 Å². The second kappa shape index (κ2) is 8.08. The number of aromatic amines is 2. The highest BCUT2D eigenvalue weighted by atomic mass is 16.4. The predicted molar refractivity (Wildman–Crippen MR) is 150 cm³/mol. The van der Waals surface area contributed by atoms with Gasteiger partial charge in [-0.3, -0.25) is 0 Å². The van der Waals surface area contributed by atoms with Crippen LogP contribution in [0, 0.1) is 0 Å². The number of para-hydroxylation sites is 4. The third kappa shape index (κ3) is 3.07. The van der Waals surface area contributed by atoms with E-state index in [2.05, 4.69) is 9.97 Å². The number of aromatic carboxylic acids is 2. The Labute approximate surface area is 215 Å². The molecule has 6 nitrogen and oxygen atoms in total.